The second kappa shape index (κ2) is 2.93. The van der Waals surface area contributed by atoms with Gasteiger partial charge in [-0.25, -0.2) is 5.43 Å². The Morgan fingerprint density at radius 1 is 1.60 bits per heavy atom. The molecule has 0 aliphatic carbocycles. The van der Waals surface area contributed by atoms with E-state index in [0.29, 0.717) is 0 Å². The second-order valence-corrected chi connectivity index (χ2v) is 1.66. The van der Waals surface area contributed by atoms with Gasteiger partial charge >= 0.3 is 0 Å². The molecule has 0 aliphatic rings. The molecule has 0 fully saturated rings. The number of carbonyl (C=O) groups is 1. The highest BCUT2D eigenvalue weighted by Crippen LogP contribution is 1.90. The van der Waals surface area contributed by atoms with Crippen LogP contribution in [-0.4, -0.2) is 10.9 Å². The first-order valence-electron chi connectivity index (χ1n) is 2.70. The van der Waals surface area contributed by atoms with Crippen molar-refractivity contribution in [3.05, 3.63) is 30.1 Å². The van der Waals surface area contributed by atoms with Crippen LogP contribution in [0.15, 0.2) is 24.4 Å². The van der Waals surface area contributed by atoms with E-state index in [-0.39, 0.29) is 5.69 Å². The van der Waals surface area contributed by atoms with Crippen molar-refractivity contribution in [1.29, 1.82) is 0 Å². The van der Waals surface area contributed by atoms with Gasteiger partial charge in [-0.3, -0.25) is 9.78 Å². The quantitative estimate of drug-likeness (QED) is 0.542. The Bertz CT molecular complexity index is 222. The van der Waals surface area contributed by atoms with Gasteiger partial charge in [0.25, 0.3) is 5.91 Å². The lowest BCUT2D eigenvalue weighted by atomic mass is 10.3. The molecule has 0 unspecified atom stereocenters. The Morgan fingerprint density at radius 2 is 2.40 bits per heavy atom. The van der Waals surface area contributed by atoms with E-state index in [2.05, 4.69) is 4.98 Å². The van der Waals surface area contributed by atoms with Crippen molar-refractivity contribution < 1.29 is 4.79 Å². The molecule has 50 valence electrons. The third-order valence-electron chi connectivity index (χ3n) is 0.999. The molecule has 1 heterocycles. The molecule has 1 amide bonds. The van der Waals surface area contributed by atoms with Crippen molar-refractivity contribution >= 4 is 5.91 Å². The molecule has 1 rings (SSSR count). The summed E-state index contributed by atoms with van der Waals surface area (Å²) in [5.74, 6) is 7.55. The minimum Gasteiger partial charge on any atom is -0.266 e. The normalized spacial score (nSPS) is 8.90. The van der Waals surface area contributed by atoms with E-state index >= 15 is 0 Å². The fraction of sp³-hybridized carbons (Fsp3) is 0. The number of aromatic nitrogens is 1. The lowest BCUT2D eigenvalue weighted by molar-refractivity contribution is 0.0945. The molecule has 0 saturated heterocycles. The zero-order valence-corrected chi connectivity index (χ0v) is 5.11. The smallest absolute Gasteiger partial charge is 0.266 e. The number of carbonyl (C=O) groups excluding carboxylic acids is 1. The largest absolute Gasteiger partial charge is 0.286 e. The predicted molar refractivity (Wildman–Crippen MR) is 33.8 cm³/mol. The van der Waals surface area contributed by atoms with E-state index in [9.17, 15) is 4.79 Å². The van der Waals surface area contributed by atoms with Gasteiger partial charge in [-0.15, -0.1) is 0 Å². The first-order chi connectivity index (χ1) is 4.84. The van der Waals surface area contributed by atoms with Gasteiger partial charge in [-0.1, -0.05) is 6.07 Å². The van der Waals surface area contributed by atoms with E-state index in [1.807, 2.05) is 0 Å². The average Bonchev–Trinajstić information content (AvgIpc) is 2.05. The third kappa shape index (κ3) is 1.29. The molecule has 4 nitrogen and oxygen atoms in total. The van der Waals surface area contributed by atoms with Crippen molar-refractivity contribution in [2.24, 2.45) is 0 Å². The van der Waals surface area contributed by atoms with Crippen LogP contribution in [0.2, 0.25) is 0 Å². The highest BCUT2D eigenvalue weighted by Gasteiger charge is 2.01. The van der Waals surface area contributed by atoms with Gasteiger partial charge in [-0.2, -0.15) is 0 Å². The minimum absolute atomic E-state index is 0.199. The molecule has 0 saturated carbocycles. The number of amides is 1. The molecule has 10 heavy (non-hydrogen) atoms. The van der Waals surface area contributed by atoms with Gasteiger partial charge < -0.3 is 0 Å². The maximum absolute atomic E-state index is 10.6. The highest BCUT2D eigenvalue weighted by molar-refractivity contribution is 5.91. The van der Waals surface area contributed by atoms with Gasteiger partial charge in [0, 0.05) is 6.20 Å². The van der Waals surface area contributed by atoms with Crippen LogP contribution in [0.3, 0.4) is 0 Å². The van der Waals surface area contributed by atoms with E-state index in [1.165, 1.54) is 17.7 Å². The van der Waals surface area contributed by atoms with E-state index in [1.54, 1.807) is 12.1 Å². The summed E-state index contributed by atoms with van der Waals surface area (Å²) in [7, 11) is 0. The van der Waals surface area contributed by atoms with Gasteiger partial charge in [-0.05, 0) is 18.0 Å². The maximum atomic E-state index is 10.6. The first kappa shape index (κ1) is 6.70. The standard InChI is InChI=1S/C6H5N3O/c7-9-6(10)5-3-1-2-4-8-5/h1-4H,(H,9,10). The minimum atomic E-state index is -0.597. The van der Waals surface area contributed by atoms with Gasteiger partial charge in [0.1, 0.15) is 5.69 Å². The number of hydrogen-bond donors (Lipinski definition) is 1. The zero-order valence-electron chi connectivity index (χ0n) is 5.11. The third-order valence-corrected chi connectivity index (χ3v) is 0.999. The van der Waals surface area contributed by atoms with Crippen LogP contribution in [0.4, 0.5) is 0 Å². The van der Waals surface area contributed by atoms with Crippen molar-refractivity contribution in [2.75, 3.05) is 0 Å². The van der Waals surface area contributed by atoms with Gasteiger partial charge in [0.2, 0.25) is 0 Å². The van der Waals surface area contributed by atoms with Gasteiger partial charge in [0.15, 0.2) is 0 Å². The van der Waals surface area contributed by atoms with Crippen molar-refractivity contribution in [3.63, 3.8) is 0 Å². The summed E-state index contributed by atoms with van der Waals surface area (Å²) < 4.78 is 0. The number of rotatable bonds is 1. The van der Waals surface area contributed by atoms with Crippen molar-refractivity contribution in [2.45, 2.75) is 0 Å². The number of pyridine rings is 1. The Labute approximate surface area is 58.0 Å². The topological polar surface area (TPSA) is 64.3 Å². The van der Waals surface area contributed by atoms with E-state index < -0.39 is 5.91 Å². The second-order valence-electron chi connectivity index (χ2n) is 1.66. The fourth-order valence-electron chi connectivity index (χ4n) is 0.554. The van der Waals surface area contributed by atoms with Crippen LogP contribution in [0.1, 0.15) is 10.5 Å². The summed E-state index contributed by atoms with van der Waals surface area (Å²) >= 11 is 0. The van der Waals surface area contributed by atoms with Crippen LogP contribution in [-0.2, 0) is 0 Å². The average molecular weight is 135 g/mol. The van der Waals surface area contributed by atoms with Crippen LogP contribution < -0.4 is 11.3 Å². The molecule has 0 aromatic carbocycles. The molecule has 1 aromatic heterocycles. The molecule has 1 N–H and O–H groups in total. The van der Waals surface area contributed by atoms with Crippen molar-refractivity contribution in [3.8, 4) is 0 Å². The molecule has 0 spiro atoms. The van der Waals surface area contributed by atoms with Crippen LogP contribution in [0.25, 0.3) is 0 Å². The van der Waals surface area contributed by atoms with Crippen molar-refractivity contribution in [1.82, 2.24) is 16.3 Å². The molecule has 4 heteroatoms. The van der Waals surface area contributed by atoms with Crippen LogP contribution in [0.5, 0.6) is 0 Å². The molecule has 1 aromatic rings. The predicted octanol–water partition coefficient (Wildman–Crippen LogP) is -0.205. The van der Waals surface area contributed by atoms with Gasteiger partial charge in [0.05, 0.1) is 0 Å². The number of nitrogens with zero attached hydrogens (tertiary/aromatic N) is 2. The lowest BCUT2D eigenvalue weighted by Crippen LogP contribution is -2.21. The molecule has 0 aliphatic heterocycles. The van der Waals surface area contributed by atoms with E-state index in [4.69, 9.17) is 5.84 Å². The van der Waals surface area contributed by atoms with E-state index in [0.717, 1.165) is 0 Å². The Kier molecular flexibility index (Phi) is 1.96. The SMILES string of the molecule is [N]NC(=O)c1ccccn1. The monoisotopic (exact) mass is 135 g/mol. The first-order valence-corrected chi connectivity index (χ1v) is 2.70. The van der Waals surface area contributed by atoms with Crippen LogP contribution >= 0.6 is 0 Å². The number of nitrogens with one attached hydrogen (secondary N) is 1. The molecule has 0 atom stereocenters. The Hall–Kier alpha value is -1.42. The lowest BCUT2D eigenvalue weighted by Gasteiger charge is -1.92. The summed E-state index contributed by atoms with van der Waals surface area (Å²) in [5.41, 5.74) is 1.68. The molecule has 0 bridgehead atoms. The Balaban J connectivity index is 2.85. The highest BCUT2D eigenvalue weighted by atomic mass is 16.2. The maximum Gasteiger partial charge on any atom is 0.286 e. The number of hydrogen-bond acceptors (Lipinski definition) is 2. The summed E-state index contributed by atoms with van der Waals surface area (Å²) in [5, 5.41) is 0. The Morgan fingerprint density at radius 3 is 2.90 bits per heavy atom. The zero-order chi connectivity index (χ0) is 7.40. The summed E-state index contributed by atoms with van der Waals surface area (Å²) in [6, 6.07) is 4.86. The fourth-order valence-corrected chi connectivity index (χ4v) is 0.554. The molecular weight excluding hydrogens is 130 g/mol. The van der Waals surface area contributed by atoms with Crippen LogP contribution in [0, 0.1) is 0 Å². The molecular formula is C6H5N3O. The summed E-state index contributed by atoms with van der Waals surface area (Å²) in [6.45, 7) is 0. The molecule has 2 radical (unpaired) electrons. The summed E-state index contributed by atoms with van der Waals surface area (Å²) in [4.78, 5) is 14.3. The summed E-state index contributed by atoms with van der Waals surface area (Å²) in [6.07, 6.45) is 1.48.